The zero-order valence-corrected chi connectivity index (χ0v) is 4.28. The second kappa shape index (κ2) is 3.72. The highest BCUT2D eigenvalue weighted by Crippen LogP contribution is 2.03. The number of nitrogens with two attached hydrogens (primary N) is 1. The molecule has 0 amide bonds. The first kappa shape index (κ1) is 7.75. The molecule has 0 saturated heterocycles. The van der Waals surface area contributed by atoms with E-state index in [1.165, 1.54) is 0 Å². The van der Waals surface area contributed by atoms with Gasteiger partial charge in [0, 0.05) is 0 Å². The maximum Gasteiger partial charge on any atom is 0.156 e. The summed E-state index contributed by atoms with van der Waals surface area (Å²) in [6.07, 6.45) is -1.87. The van der Waals surface area contributed by atoms with E-state index >= 15 is 0 Å². The molecule has 2 N–H and O–H groups in total. The first-order valence-corrected chi connectivity index (χ1v) is 2.24. The van der Waals surface area contributed by atoms with Crippen molar-refractivity contribution in [1.29, 1.82) is 0 Å². The summed E-state index contributed by atoms with van der Waals surface area (Å²) >= 11 is 0. The number of hydrogen-bond acceptors (Lipinski definition) is 1. The summed E-state index contributed by atoms with van der Waals surface area (Å²) in [5.74, 6) is -1.27. The number of rotatable bonds is 3. The van der Waals surface area contributed by atoms with E-state index in [0.717, 1.165) is 0 Å². The molecule has 1 nitrogen and oxygen atoms in total. The smallest absolute Gasteiger partial charge is 0.156 e. The Kier molecular flexibility index (Phi) is 3.60. The maximum absolute atomic E-state index is 11.7. The molecule has 0 saturated carbocycles. The van der Waals surface area contributed by atoms with Crippen molar-refractivity contribution in [2.45, 2.75) is 6.30 Å². The summed E-state index contributed by atoms with van der Waals surface area (Å²) < 4.78 is 34.4. The highest BCUT2D eigenvalue weighted by molar-refractivity contribution is 4.60. The normalized spacial score (nSPS) is 14.6. The molecule has 0 aromatic carbocycles. The van der Waals surface area contributed by atoms with Gasteiger partial charge < -0.3 is 5.73 Å². The first-order chi connectivity index (χ1) is 3.72. The van der Waals surface area contributed by atoms with Crippen molar-refractivity contribution in [2.24, 2.45) is 11.7 Å². The van der Waals surface area contributed by atoms with Crippen LogP contribution in [0.5, 0.6) is 0 Å². The fourth-order valence-corrected chi connectivity index (χ4v) is 0.211. The van der Waals surface area contributed by atoms with Crippen LogP contribution in [0.25, 0.3) is 0 Å². The molecule has 1 unspecified atom stereocenters. The molecule has 0 aliphatic heterocycles. The summed E-state index contributed by atoms with van der Waals surface area (Å²) in [5, 5.41) is 0. The van der Waals surface area contributed by atoms with Crippen molar-refractivity contribution in [3.63, 3.8) is 0 Å². The van der Waals surface area contributed by atoms with Gasteiger partial charge in [-0.25, -0.2) is 4.39 Å². The summed E-state index contributed by atoms with van der Waals surface area (Å²) in [7, 11) is 0. The minimum atomic E-state index is -1.87. The minimum absolute atomic E-state index is 1.03. The van der Waals surface area contributed by atoms with Crippen molar-refractivity contribution < 1.29 is 13.2 Å². The Morgan fingerprint density at radius 3 is 1.62 bits per heavy atom. The summed E-state index contributed by atoms with van der Waals surface area (Å²) in [4.78, 5) is 0. The predicted octanol–water partition coefficient (Wildman–Crippen LogP) is 0.796. The van der Waals surface area contributed by atoms with Crippen molar-refractivity contribution in [3.05, 3.63) is 0 Å². The lowest BCUT2D eigenvalue weighted by molar-refractivity contribution is 0.164. The van der Waals surface area contributed by atoms with Crippen LogP contribution >= 0.6 is 0 Å². The van der Waals surface area contributed by atoms with Gasteiger partial charge in [-0.1, -0.05) is 0 Å². The van der Waals surface area contributed by atoms with Gasteiger partial charge in [0.25, 0.3) is 0 Å². The summed E-state index contributed by atoms with van der Waals surface area (Å²) in [6.45, 7) is -2.07. The Bertz CT molecular complexity index is 53.2. The standard InChI is InChI=1S/C4H8F3N/c5-1-3(2-6)4(7)8/h3-4H,1-2,8H2. The first-order valence-electron chi connectivity index (χ1n) is 2.24. The van der Waals surface area contributed by atoms with Gasteiger partial charge in [-0.3, -0.25) is 8.78 Å². The van der Waals surface area contributed by atoms with Crippen molar-refractivity contribution in [1.82, 2.24) is 0 Å². The molecule has 0 aliphatic rings. The Morgan fingerprint density at radius 2 is 1.62 bits per heavy atom. The lowest BCUT2D eigenvalue weighted by atomic mass is 10.2. The van der Waals surface area contributed by atoms with E-state index < -0.39 is 25.6 Å². The van der Waals surface area contributed by atoms with Gasteiger partial charge in [-0.05, 0) is 0 Å². The summed E-state index contributed by atoms with van der Waals surface area (Å²) in [5.41, 5.74) is 4.51. The van der Waals surface area contributed by atoms with Crippen LogP contribution in [0.15, 0.2) is 0 Å². The van der Waals surface area contributed by atoms with Gasteiger partial charge >= 0.3 is 0 Å². The van der Waals surface area contributed by atoms with Gasteiger partial charge in [-0.15, -0.1) is 0 Å². The van der Waals surface area contributed by atoms with Gasteiger partial charge in [0.15, 0.2) is 6.30 Å². The molecule has 4 heteroatoms. The van der Waals surface area contributed by atoms with E-state index in [9.17, 15) is 13.2 Å². The van der Waals surface area contributed by atoms with Crippen LogP contribution in [0.4, 0.5) is 13.2 Å². The van der Waals surface area contributed by atoms with E-state index in [1.54, 1.807) is 0 Å². The number of alkyl halides is 3. The molecule has 1 atom stereocenters. The zero-order valence-electron chi connectivity index (χ0n) is 4.28. The van der Waals surface area contributed by atoms with Crippen LogP contribution in [0.3, 0.4) is 0 Å². The maximum atomic E-state index is 11.7. The van der Waals surface area contributed by atoms with Crippen LogP contribution in [0, 0.1) is 5.92 Å². The van der Waals surface area contributed by atoms with Gasteiger partial charge in [0.2, 0.25) is 0 Å². The third-order valence-electron chi connectivity index (χ3n) is 0.847. The molecule has 50 valence electrons. The number of hydrogen-bond donors (Lipinski definition) is 1. The Hall–Kier alpha value is -0.250. The largest absolute Gasteiger partial charge is 0.301 e. The molecule has 0 bridgehead atoms. The molecule has 8 heavy (non-hydrogen) atoms. The molecular weight excluding hydrogens is 119 g/mol. The molecule has 0 radical (unpaired) electrons. The fraction of sp³-hybridized carbons (Fsp3) is 1.00. The third kappa shape index (κ3) is 2.16. The van der Waals surface area contributed by atoms with Gasteiger partial charge in [-0.2, -0.15) is 0 Å². The van der Waals surface area contributed by atoms with E-state index in [0.29, 0.717) is 0 Å². The molecule has 0 rings (SSSR count). The van der Waals surface area contributed by atoms with Crippen LogP contribution in [-0.4, -0.2) is 19.6 Å². The third-order valence-corrected chi connectivity index (χ3v) is 0.847. The molecule has 0 aromatic heterocycles. The minimum Gasteiger partial charge on any atom is -0.301 e. The fourth-order valence-electron chi connectivity index (χ4n) is 0.211. The second-order valence-electron chi connectivity index (χ2n) is 1.51. The lowest BCUT2D eigenvalue weighted by Crippen LogP contribution is -2.28. The van der Waals surface area contributed by atoms with Crippen molar-refractivity contribution in [3.8, 4) is 0 Å². The summed E-state index contributed by atoms with van der Waals surface area (Å²) in [6, 6.07) is 0. The molecule has 0 heterocycles. The highest BCUT2D eigenvalue weighted by Gasteiger charge is 2.15. The Morgan fingerprint density at radius 1 is 1.25 bits per heavy atom. The quantitative estimate of drug-likeness (QED) is 0.557. The molecule has 0 aromatic rings. The molecular formula is C4H8F3N. The Labute approximate surface area is 45.7 Å². The van der Waals surface area contributed by atoms with Crippen LogP contribution in [-0.2, 0) is 0 Å². The van der Waals surface area contributed by atoms with E-state index in [2.05, 4.69) is 5.73 Å². The zero-order chi connectivity index (χ0) is 6.57. The van der Waals surface area contributed by atoms with Crippen molar-refractivity contribution >= 4 is 0 Å². The number of halogens is 3. The average molecular weight is 127 g/mol. The topological polar surface area (TPSA) is 26.0 Å². The van der Waals surface area contributed by atoms with Gasteiger partial charge in [0.1, 0.15) is 0 Å². The van der Waals surface area contributed by atoms with Crippen molar-refractivity contribution in [2.75, 3.05) is 13.3 Å². The van der Waals surface area contributed by atoms with E-state index in [-0.39, 0.29) is 0 Å². The predicted molar refractivity (Wildman–Crippen MR) is 24.5 cm³/mol. The van der Waals surface area contributed by atoms with Crippen LogP contribution in [0.2, 0.25) is 0 Å². The second-order valence-corrected chi connectivity index (χ2v) is 1.51. The van der Waals surface area contributed by atoms with E-state index in [1.807, 2.05) is 0 Å². The van der Waals surface area contributed by atoms with Crippen LogP contribution < -0.4 is 5.73 Å². The highest BCUT2D eigenvalue weighted by atomic mass is 19.2. The lowest BCUT2D eigenvalue weighted by Gasteiger charge is -2.07. The Balaban J connectivity index is 3.35. The molecule has 0 aliphatic carbocycles. The van der Waals surface area contributed by atoms with Gasteiger partial charge in [0.05, 0.1) is 19.3 Å². The monoisotopic (exact) mass is 127 g/mol. The average Bonchev–Trinajstić information content (AvgIpc) is 1.69. The van der Waals surface area contributed by atoms with E-state index in [4.69, 9.17) is 0 Å². The van der Waals surface area contributed by atoms with Crippen LogP contribution in [0.1, 0.15) is 0 Å². The molecule has 0 fully saturated rings. The SMILES string of the molecule is NC(F)C(CF)CF. The molecule has 0 spiro atoms.